The van der Waals surface area contributed by atoms with Crippen LogP contribution in [0.1, 0.15) is 24.2 Å². The van der Waals surface area contributed by atoms with Crippen LogP contribution < -0.4 is 15.0 Å². The van der Waals surface area contributed by atoms with Gasteiger partial charge in [-0.05, 0) is 38.1 Å². The number of hydrogen-bond donors (Lipinski definition) is 1. The lowest BCUT2D eigenvalue weighted by Crippen LogP contribution is -2.46. The van der Waals surface area contributed by atoms with Crippen molar-refractivity contribution in [2.24, 2.45) is 0 Å². The standard InChI is InChI=1S/C20H24N4O3/c1-15(2)27-18-6-4-3-5-17(18)22-20(26)16-7-8-21-19(13-16)24-11-9-23(14-25)10-12-24/h3-8,13-15H,9-12H2,1-2H3,(H,22,26). The molecular weight excluding hydrogens is 344 g/mol. The summed E-state index contributed by atoms with van der Waals surface area (Å²) in [5.74, 6) is 1.16. The molecule has 2 amide bonds. The molecule has 27 heavy (non-hydrogen) atoms. The number of anilines is 2. The van der Waals surface area contributed by atoms with Gasteiger partial charge >= 0.3 is 0 Å². The fourth-order valence-corrected chi connectivity index (χ4v) is 2.91. The summed E-state index contributed by atoms with van der Waals surface area (Å²) in [6.07, 6.45) is 2.51. The summed E-state index contributed by atoms with van der Waals surface area (Å²) in [6, 6.07) is 10.8. The van der Waals surface area contributed by atoms with E-state index in [0.29, 0.717) is 43.2 Å². The SMILES string of the molecule is CC(C)Oc1ccccc1NC(=O)c1ccnc(N2CCN(C=O)CC2)c1. The summed E-state index contributed by atoms with van der Waals surface area (Å²) >= 11 is 0. The first-order valence-corrected chi connectivity index (χ1v) is 9.04. The molecule has 1 fully saturated rings. The number of para-hydroxylation sites is 2. The largest absolute Gasteiger partial charge is 0.489 e. The maximum Gasteiger partial charge on any atom is 0.255 e. The van der Waals surface area contributed by atoms with Gasteiger partial charge in [-0.15, -0.1) is 0 Å². The zero-order valence-corrected chi connectivity index (χ0v) is 15.6. The van der Waals surface area contributed by atoms with Crippen LogP contribution in [-0.4, -0.2) is 54.5 Å². The van der Waals surface area contributed by atoms with Crippen molar-refractivity contribution in [2.75, 3.05) is 36.4 Å². The number of carbonyl (C=O) groups excluding carboxylic acids is 2. The molecule has 1 aromatic heterocycles. The van der Waals surface area contributed by atoms with Crippen molar-refractivity contribution in [2.45, 2.75) is 20.0 Å². The van der Waals surface area contributed by atoms with Gasteiger partial charge < -0.3 is 19.9 Å². The van der Waals surface area contributed by atoms with Gasteiger partial charge in [0.2, 0.25) is 6.41 Å². The highest BCUT2D eigenvalue weighted by Gasteiger charge is 2.18. The number of nitrogens with one attached hydrogen (secondary N) is 1. The normalized spacial score (nSPS) is 14.2. The Hall–Kier alpha value is -3.09. The molecule has 3 rings (SSSR count). The summed E-state index contributed by atoms with van der Waals surface area (Å²) in [7, 11) is 0. The lowest BCUT2D eigenvalue weighted by Gasteiger charge is -2.33. The van der Waals surface area contributed by atoms with E-state index in [1.165, 1.54) is 0 Å². The molecule has 1 saturated heterocycles. The molecule has 0 aliphatic carbocycles. The molecule has 0 unspecified atom stereocenters. The zero-order chi connectivity index (χ0) is 19.2. The lowest BCUT2D eigenvalue weighted by atomic mass is 10.2. The average molecular weight is 368 g/mol. The van der Waals surface area contributed by atoms with Gasteiger partial charge in [-0.3, -0.25) is 9.59 Å². The predicted molar refractivity (Wildman–Crippen MR) is 104 cm³/mol. The average Bonchev–Trinajstić information content (AvgIpc) is 2.69. The Balaban J connectivity index is 1.72. The maximum absolute atomic E-state index is 12.7. The molecular formula is C20H24N4O3. The first-order chi connectivity index (χ1) is 13.1. The lowest BCUT2D eigenvalue weighted by molar-refractivity contribution is -0.118. The molecule has 0 atom stereocenters. The predicted octanol–water partition coefficient (Wildman–Crippen LogP) is 2.40. The minimum Gasteiger partial charge on any atom is -0.489 e. The molecule has 1 aromatic carbocycles. The van der Waals surface area contributed by atoms with E-state index >= 15 is 0 Å². The quantitative estimate of drug-likeness (QED) is 0.793. The third-order valence-corrected chi connectivity index (χ3v) is 4.29. The van der Waals surface area contributed by atoms with E-state index in [1.54, 1.807) is 23.2 Å². The number of piperazine rings is 1. The van der Waals surface area contributed by atoms with Crippen LogP contribution in [0, 0.1) is 0 Å². The second-order valence-electron chi connectivity index (χ2n) is 6.65. The van der Waals surface area contributed by atoms with Crippen LogP contribution in [0.3, 0.4) is 0 Å². The molecule has 7 heteroatoms. The zero-order valence-electron chi connectivity index (χ0n) is 15.6. The van der Waals surface area contributed by atoms with Crippen molar-refractivity contribution in [1.82, 2.24) is 9.88 Å². The second kappa shape index (κ2) is 8.53. The fraction of sp³-hybridized carbons (Fsp3) is 0.350. The van der Waals surface area contributed by atoms with Crippen molar-refractivity contribution in [3.63, 3.8) is 0 Å². The van der Waals surface area contributed by atoms with Gasteiger partial charge in [-0.2, -0.15) is 0 Å². The van der Waals surface area contributed by atoms with E-state index in [0.717, 1.165) is 12.2 Å². The number of nitrogens with zero attached hydrogens (tertiary/aromatic N) is 3. The molecule has 142 valence electrons. The summed E-state index contributed by atoms with van der Waals surface area (Å²) < 4.78 is 5.75. The Labute approximate surface area is 158 Å². The minimum absolute atomic E-state index is 0.0145. The van der Waals surface area contributed by atoms with E-state index in [-0.39, 0.29) is 12.0 Å². The fourth-order valence-electron chi connectivity index (χ4n) is 2.91. The van der Waals surface area contributed by atoms with Crippen LogP contribution in [0.15, 0.2) is 42.6 Å². The third kappa shape index (κ3) is 4.75. The van der Waals surface area contributed by atoms with Crippen LogP contribution in [0.25, 0.3) is 0 Å². The molecule has 2 aromatic rings. The van der Waals surface area contributed by atoms with Crippen molar-refractivity contribution in [1.29, 1.82) is 0 Å². The number of rotatable bonds is 6. The molecule has 1 N–H and O–H groups in total. The van der Waals surface area contributed by atoms with E-state index in [4.69, 9.17) is 4.74 Å². The van der Waals surface area contributed by atoms with Crippen molar-refractivity contribution in [3.05, 3.63) is 48.2 Å². The molecule has 0 saturated carbocycles. The van der Waals surface area contributed by atoms with Crippen molar-refractivity contribution < 1.29 is 14.3 Å². The summed E-state index contributed by atoms with van der Waals surface area (Å²) in [5, 5.41) is 2.91. The monoisotopic (exact) mass is 368 g/mol. The highest BCUT2D eigenvalue weighted by atomic mass is 16.5. The van der Waals surface area contributed by atoms with Crippen LogP contribution in [0.5, 0.6) is 5.75 Å². The highest BCUT2D eigenvalue weighted by Crippen LogP contribution is 2.25. The number of hydrogen-bond acceptors (Lipinski definition) is 5. The maximum atomic E-state index is 12.7. The van der Waals surface area contributed by atoms with E-state index in [9.17, 15) is 9.59 Å². The Bertz CT molecular complexity index is 801. The minimum atomic E-state index is -0.218. The third-order valence-electron chi connectivity index (χ3n) is 4.29. The van der Waals surface area contributed by atoms with Gasteiger partial charge in [-0.25, -0.2) is 4.98 Å². The van der Waals surface area contributed by atoms with Gasteiger partial charge in [0, 0.05) is 37.9 Å². The number of amides is 2. The highest BCUT2D eigenvalue weighted by molar-refractivity contribution is 6.05. The van der Waals surface area contributed by atoms with Gasteiger partial charge in [0.15, 0.2) is 0 Å². The Morgan fingerprint density at radius 2 is 1.93 bits per heavy atom. The molecule has 0 radical (unpaired) electrons. The Morgan fingerprint density at radius 3 is 2.63 bits per heavy atom. The van der Waals surface area contributed by atoms with E-state index in [2.05, 4.69) is 15.2 Å². The molecule has 0 spiro atoms. The number of ether oxygens (including phenoxy) is 1. The van der Waals surface area contributed by atoms with Crippen molar-refractivity contribution in [3.8, 4) is 5.75 Å². The number of carbonyl (C=O) groups is 2. The molecule has 7 nitrogen and oxygen atoms in total. The molecule has 0 bridgehead atoms. The Morgan fingerprint density at radius 1 is 1.19 bits per heavy atom. The topological polar surface area (TPSA) is 74.8 Å². The summed E-state index contributed by atoms with van der Waals surface area (Å²) in [5.41, 5.74) is 1.16. The second-order valence-corrected chi connectivity index (χ2v) is 6.65. The first kappa shape index (κ1) is 18.7. The van der Waals surface area contributed by atoms with E-state index in [1.807, 2.05) is 38.1 Å². The summed E-state index contributed by atoms with van der Waals surface area (Å²) in [6.45, 7) is 6.59. The molecule has 2 heterocycles. The van der Waals surface area contributed by atoms with Gasteiger partial charge in [0.1, 0.15) is 11.6 Å². The number of benzene rings is 1. The van der Waals surface area contributed by atoms with Gasteiger partial charge in [0.25, 0.3) is 5.91 Å². The van der Waals surface area contributed by atoms with Crippen LogP contribution in [0.2, 0.25) is 0 Å². The van der Waals surface area contributed by atoms with E-state index < -0.39 is 0 Å². The van der Waals surface area contributed by atoms with Crippen LogP contribution >= 0.6 is 0 Å². The number of aromatic nitrogens is 1. The van der Waals surface area contributed by atoms with Crippen molar-refractivity contribution >= 4 is 23.8 Å². The first-order valence-electron chi connectivity index (χ1n) is 9.04. The van der Waals surface area contributed by atoms with Gasteiger partial charge in [0.05, 0.1) is 11.8 Å². The number of pyridine rings is 1. The molecule has 1 aliphatic rings. The Kier molecular flexibility index (Phi) is 5.90. The smallest absolute Gasteiger partial charge is 0.255 e. The summed E-state index contributed by atoms with van der Waals surface area (Å²) in [4.78, 5) is 31.7. The molecule has 1 aliphatic heterocycles. The van der Waals surface area contributed by atoms with Crippen LogP contribution in [-0.2, 0) is 4.79 Å². The van der Waals surface area contributed by atoms with Crippen LogP contribution in [0.4, 0.5) is 11.5 Å². The van der Waals surface area contributed by atoms with Gasteiger partial charge in [-0.1, -0.05) is 12.1 Å².